The van der Waals surface area contributed by atoms with Crippen LogP contribution in [0.5, 0.6) is 23.0 Å². The summed E-state index contributed by atoms with van der Waals surface area (Å²) in [6.07, 6.45) is 0. The Balaban J connectivity index is 0.000000203. The first-order valence-electron chi connectivity index (χ1n) is 19.9. The molecular weight excluding hydrogens is 758 g/mol. The molecule has 58 heavy (non-hydrogen) atoms. The molecule has 0 unspecified atom stereocenters. The third kappa shape index (κ3) is 9.58. The lowest BCUT2D eigenvalue weighted by Gasteiger charge is -2.20. The van der Waals surface area contributed by atoms with Crippen LogP contribution in [0.1, 0.15) is 95.2 Å². The topological polar surface area (TPSA) is 63.2 Å². The molecule has 0 saturated carbocycles. The summed E-state index contributed by atoms with van der Waals surface area (Å²) in [6.45, 7) is 25.7. The van der Waals surface area contributed by atoms with E-state index in [0.717, 1.165) is 67.2 Å². The van der Waals surface area contributed by atoms with Crippen molar-refractivity contribution in [3.05, 3.63) is 165 Å². The Hall–Kier alpha value is -5.15. The van der Waals surface area contributed by atoms with Gasteiger partial charge in [-0.3, -0.25) is 0 Å². The quantitative estimate of drug-likeness (QED) is 0.128. The van der Waals surface area contributed by atoms with Crippen LogP contribution in [0.3, 0.4) is 0 Å². The highest BCUT2D eigenvalue weighted by molar-refractivity contribution is 7.43. The first-order valence-corrected chi connectivity index (χ1v) is 22.1. The average molecular weight is 815 g/mol. The van der Waals surface area contributed by atoms with Gasteiger partial charge in [0.15, 0.2) is 0 Å². The number of aryl methyl sites for hydroxylation is 8. The third-order valence-electron chi connectivity index (χ3n) is 10.5. The highest BCUT2D eigenvalue weighted by Gasteiger charge is 2.24. The van der Waals surface area contributed by atoms with Crippen LogP contribution >= 0.6 is 16.8 Å². The summed E-state index contributed by atoms with van der Waals surface area (Å²) in [5.41, 5.74) is 13.4. The zero-order chi connectivity index (χ0) is 41.7. The molecule has 0 amide bonds. The van der Waals surface area contributed by atoms with Crippen LogP contribution in [0.15, 0.2) is 118 Å². The van der Waals surface area contributed by atoms with Crippen LogP contribution in [-0.4, -0.2) is 0 Å². The highest BCUT2D eigenvalue weighted by Crippen LogP contribution is 2.46. The second-order valence-electron chi connectivity index (χ2n) is 15.6. The van der Waals surface area contributed by atoms with Gasteiger partial charge in [-0.05, 0) is 147 Å². The number of hydrogen-bond donors (Lipinski definition) is 0. The molecule has 0 spiro atoms. The van der Waals surface area contributed by atoms with Gasteiger partial charge in [-0.15, -0.1) is 0 Å². The van der Waals surface area contributed by atoms with Crippen molar-refractivity contribution in [3.63, 3.8) is 0 Å². The lowest BCUT2D eigenvalue weighted by Crippen LogP contribution is -2.04. The molecule has 0 N–H and O–H groups in total. The molecule has 1 aromatic heterocycles. The zero-order valence-corrected chi connectivity index (χ0v) is 37.7. The molecule has 8 heteroatoms. The smallest absolute Gasteiger partial charge is 0.408 e. The second-order valence-corrected chi connectivity index (χ2v) is 17.6. The predicted molar refractivity (Wildman–Crippen MR) is 243 cm³/mol. The Morgan fingerprint density at radius 3 is 1.05 bits per heavy atom. The van der Waals surface area contributed by atoms with Gasteiger partial charge < -0.3 is 26.5 Å². The van der Waals surface area contributed by atoms with Crippen LogP contribution in [0.25, 0.3) is 21.9 Å². The number of fused-ring (bicyclic) bond motifs is 3. The van der Waals surface area contributed by atoms with Gasteiger partial charge in [-0.25, -0.2) is 0 Å². The summed E-state index contributed by atoms with van der Waals surface area (Å²) in [4.78, 5) is 0. The van der Waals surface area contributed by atoms with E-state index in [1.54, 1.807) is 0 Å². The summed E-state index contributed by atoms with van der Waals surface area (Å²) >= 11 is 0. The van der Waals surface area contributed by atoms with Crippen molar-refractivity contribution in [1.29, 1.82) is 0 Å². The fourth-order valence-electron chi connectivity index (χ4n) is 6.71. The molecule has 0 atom stereocenters. The fraction of sp³-hybridized carbons (Fsp3) is 0.280. The van der Waals surface area contributed by atoms with Crippen LogP contribution in [0.4, 0.5) is 0 Å². The van der Waals surface area contributed by atoms with Gasteiger partial charge in [0.05, 0.1) is 0 Å². The Morgan fingerprint density at radius 1 is 0.431 bits per heavy atom. The summed E-state index contributed by atoms with van der Waals surface area (Å²) < 4.78 is 38.0. The van der Waals surface area contributed by atoms with E-state index in [0.29, 0.717) is 11.8 Å². The van der Waals surface area contributed by atoms with Crippen LogP contribution in [0.2, 0.25) is 0 Å². The van der Waals surface area contributed by atoms with Gasteiger partial charge in [0.2, 0.25) is 0 Å². The molecule has 0 aliphatic heterocycles. The molecule has 302 valence electrons. The van der Waals surface area contributed by atoms with Gasteiger partial charge in [0.25, 0.3) is 0 Å². The Kier molecular flexibility index (Phi) is 13.6. The lowest BCUT2D eigenvalue weighted by atomic mass is 9.89. The van der Waals surface area contributed by atoms with Gasteiger partial charge in [0, 0.05) is 10.8 Å². The summed E-state index contributed by atoms with van der Waals surface area (Å²) in [6, 6.07) is 36.1. The van der Waals surface area contributed by atoms with Gasteiger partial charge in [0.1, 0.15) is 34.2 Å². The minimum atomic E-state index is -1.69. The highest BCUT2D eigenvalue weighted by atomic mass is 31.2. The van der Waals surface area contributed by atoms with Crippen molar-refractivity contribution in [3.8, 4) is 23.0 Å². The maximum Gasteiger partial charge on any atom is 0.530 e. The number of rotatable bonds is 10. The Bertz CT molecular complexity index is 2390. The molecule has 6 nitrogen and oxygen atoms in total. The fourth-order valence-corrected chi connectivity index (χ4v) is 9.09. The van der Waals surface area contributed by atoms with Crippen molar-refractivity contribution in [2.24, 2.45) is 0 Å². The standard InChI is InChI=1S/C29H35O3P.C21H21O3P/c1-16(2)23-14-19(6)21(8)26-27-22(9)20(7)15-24(17(3)4)29(27)32-33(31-28(23)26)30-25-13-11-10-12-18(25)5;1-16-10-4-7-13-19(16)22-25(23-20-14-8-5-11-17(20)2)24-21-15-9-6-12-18(21)3/h10-17H,1-9H3;4-15H,1-3H3. The first kappa shape index (κ1) is 42.5. The molecule has 0 aliphatic rings. The number of hydrogen-bond acceptors (Lipinski definition) is 6. The largest absolute Gasteiger partial charge is 0.530 e. The predicted octanol–water partition coefficient (Wildman–Crippen LogP) is 16.3. The molecule has 1 heterocycles. The van der Waals surface area contributed by atoms with Gasteiger partial charge in [-0.2, -0.15) is 0 Å². The average Bonchev–Trinajstić information content (AvgIpc) is 3.35. The number of benzene rings is 6. The lowest BCUT2D eigenvalue weighted by molar-refractivity contribution is 0.385. The van der Waals surface area contributed by atoms with E-state index in [9.17, 15) is 0 Å². The van der Waals surface area contributed by atoms with Crippen LogP contribution < -0.4 is 18.1 Å². The molecule has 0 saturated heterocycles. The Labute approximate surface area is 346 Å². The van der Waals surface area contributed by atoms with Gasteiger partial charge >= 0.3 is 16.8 Å². The maximum atomic E-state index is 6.68. The molecule has 7 rings (SSSR count). The molecule has 0 aliphatic carbocycles. The van der Waals surface area contributed by atoms with E-state index in [4.69, 9.17) is 26.5 Å². The van der Waals surface area contributed by atoms with E-state index in [-0.39, 0.29) is 0 Å². The van der Waals surface area contributed by atoms with Crippen LogP contribution in [-0.2, 0) is 0 Å². The van der Waals surface area contributed by atoms with E-state index in [2.05, 4.69) is 67.5 Å². The van der Waals surface area contributed by atoms with E-state index < -0.39 is 16.8 Å². The SMILES string of the molecule is Cc1ccccc1OP(Oc1ccccc1C)Oc1ccccc1C.Cc1ccccc1Op1oc2c(C(C)C)cc(C)c(C)c2c2c(C)c(C)cc(C(C)C)c2o1. The summed E-state index contributed by atoms with van der Waals surface area (Å²) in [7, 11) is -3.33. The number of para-hydroxylation sites is 4. The third-order valence-corrected chi connectivity index (χ3v) is 12.6. The van der Waals surface area contributed by atoms with Crippen molar-refractivity contribution in [2.45, 2.75) is 94.9 Å². The molecule has 7 aromatic rings. The van der Waals surface area contributed by atoms with Crippen molar-refractivity contribution < 1.29 is 26.5 Å². The maximum absolute atomic E-state index is 6.68. The molecular formula is C50H56O6P2. The van der Waals surface area contributed by atoms with E-state index in [1.165, 1.54) is 33.4 Å². The molecule has 0 fully saturated rings. The summed E-state index contributed by atoms with van der Waals surface area (Å²) in [5, 5.41) is 2.30. The second kappa shape index (κ2) is 18.6. The monoisotopic (exact) mass is 814 g/mol. The van der Waals surface area contributed by atoms with Gasteiger partial charge in [-0.1, -0.05) is 113 Å². The first-order chi connectivity index (χ1) is 27.7. The summed E-state index contributed by atoms with van der Waals surface area (Å²) in [5.74, 6) is 3.69. The van der Waals surface area contributed by atoms with Crippen molar-refractivity contribution in [2.75, 3.05) is 0 Å². The molecule has 0 bridgehead atoms. The van der Waals surface area contributed by atoms with Crippen molar-refractivity contribution >= 4 is 38.8 Å². The normalized spacial score (nSPS) is 11.2. The van der Waals surface area contributed by atoms with E-state index >= 15 is 0 Å². The van der Waals surface area contributed by atoms with Crippen molar-refractivity contribution in [1.82, 2.24) is 0 Å². The minimum Gasteiger partial charge on any atom is -0.408 e. The zero-order valence-electron chi connectivity index (χ0n) is 35.9. The minimum absolute atomic E-state index is 0.310. The van der Waals surface area contributed by atoms with Crippen LogP contribution in [0, 0.1) is 55.4 Å². The molecule has 0 radical (unpaired) electrons. The van der Waals surface area contributed by atoms with E-state index in [1.807, 2.05) is 125 Å². The molecule has 6 aromatic carbocycles. The Morgan fingerprint density at radius 2 is 0.741 bits per heavy atom.